The minimum Gasteiger partial charge on any atom is -0.494 e. The maximum Gasteiger partial charge on any atom is 0.274 e. The Morgan fingerprint density at radius 2 is 2.00 bits per heavy atom. The number of amides is 1. The molecule has 1 aliphatic rings. The second-order valence-electron chi connectivity index (χ2n) is 5.96. The van der Waals surface area contributed by atoms with E-state index in [4.69, 9.17) is 9.72 Å². The Labute approximate surface area is 149 Å². The summed E-state index contributed by atoms with van der Waals surface area (Å²) in [5.74, 6) is 0.787. The number of carbonyl (C=O) groups is 1. The Morgan fingerprint density at radius 1 is 1.20 bits per heavy atom. The fraction of sp³-hybridized carbons (Fsp3) is 0.353. The van der Waals surface area contributed by atoms with Crippen molar-refractivity contribution in [1.29, 1.82) is 0 Å². The summed E-state index contributed by atoms with van der Waals surface area (Å²) in [6.45, 7) is 2.87. The van der Waals surface area contributed by atoms with Gasteiger partial charge in [0, 0.05) is 39.4 Å². The minimum absolute atomic E-state index is 0.00813. The lowest BCUT2D eigenvalue weighted by atomic mass is 10.3. The summed E-state index contributed by atoms with van der Waals surface area (Å²) in [5.41, 5.74) is 1.40. The van der Waals surface area contributed by atoms with Crippen LogP contribution >= 0.6 is 11.3 Å². The quantitative estimate of drug-likeness (QED) is 0.717. The van der Waals surface area contributed by atoms with E-state index in [9.17, 15) is 4.79 Å². The molecule has 0 spiro atoms. The zero-order valence-electron chi connectivity index (χ0n) is 14.2. The summed E-state index contributed by atoms with van der Waals surface area (Å²) in [5, 5.41) is 5.17. The number of fused-ring (bicyclic) bond motifs is 1. The molecule has 1 amide bonds. The number of anilines is 1. The molecule has 0 atom stereocenters. The zero-order chi connectivity index (χ0) is 17.4. The Hall–Kier alpha value is -2.61. The number of methoxy groups -OCH3 is 1. The molecule has 1 saturated heterocycles. The summed E-state index contributed by atoms with van der Waals surface area (Å²) in [4.78, 5) is 21.3. The normalized spacial score (nSPS) is 15.0. The molecule has 1 aromatic carbocycles. The second kappa shape index (κ2) is 6.36. The van der Waals surface area contributed by atoms with Gasteiger partial charge in [-0.1, -0.05) is 17.4 Å². The maximum atomic E-state index is 12.5. The van der Waals surface area contributed by atoms with Crippen LogP contribution < -0.4 is 9.64 Å². The van der Waals surface area contributed by atoms with Gasteiger partial charge in [-0.05, 0) is 18.2 Å². The molecule has 1 fully saturated rings. The molecule has 3 aromatic rings. The van der Waals surface area contributed by atoms with E-state index in [0.717, 1.165) is 34.2 Å². The first kappa shape index (κ1) is 15.9. The highest BCUT2D eigenvalue weighted by Crippen LogP contribution is 2.34. The average Bonchev–Trinajstić information content (AvgIpc) is 3.27. The van der Waals surface area contributed by atoms with Crippen molar-refractivity contribution in [2.75, 3.05) is 38.2 Å². The zero-order valence-corrected chi connectivity index (χ0v) is 15.0. The van der Waals surface area contributed by atoms with Crippen molar-refractivity contribution < 1.29 is 9.53 Å². The molecule has 0 unspecified atom stereocenters. The van der Waals surface area contributed by atoms with Gasteiger partial charge in [0.15, 0.2) is 5.13 Å². The number of piperazine rings is 1. The highest BCUT2D eigenvalue weighted by Gasteiger charge is 2.25. The predicted molar refractivity (Wildman–Crippen MR) is 97.5 cm³/mol. The number of para-hydroxylation sites is 1. The number of thiazole rings is 1. The molecule has 0 aliphatic carbocycles. The molecule has 130 valence electrons. The molecule has 25 heavy (non-hydrogen) atoms. The van der Waals surface area contributed by atoms with Crippen molar-refractivity contribution in [3.05, 3.63) is 36.2 Å². The summed E-state index contributed by atoms with van der Waals surface area (Å²) in [6, 6.07) is 7.72. The number of hydrogen-bond donors (Lipinski definition) is 0. The fourth-order valence-corrected chi connectivity index (χ4v) is 4.04. The summed E-state index contributed by atoms with van der Waals surface area (Å²) < 4.78 is 8.15. The molecule has 8 heteroatoms. The van der Waals surface area contributed by atoms with Crippen LogP contribution in [0.3, 0.4) is 0 Å². The Kier molecular flexibility index (Phi) is 4.04. The third-order valence-corrected chi connectivity index (χ3v) is 5.44. The number of nitrogens with zero attached hydrogens (tertiary/aromatic N) is 5. The van der Waals surface area contributed by atoms with Gasteiger partial charge in [-0.25, -0.2) is 4.98 Å². The standard InChI is InChI=1S/C17H19N5O2S/c1-20-7-6-12(19-20)16(23)21-8-10-22(11-9-21)17-18-15-13(24-2)4-3-5-14(15)25-17/h3-7H,8-11H2,1-2H3. The van der Waals surface area contributed by atoms with Gasteiger partial charge in [0.2, 0.25) is 0 Å². The molecule has 0 saturated carbocycles. The summed E-state index contributed by atoms with van der Waals surface area (Å²) in [6.07, 6.45) is 1.79. The SMILES string of the molecule is COc1cccc2sc(N3CCN(C(=O)c4ccn(C)n4)CC3)nc12. The van der Waals surface area contributed by atoms with E-state index >= 15 is 0 Å². The molecule has 4 rings (SSSR count). The second-order valence-corrected chi connectivity index (χ2v) is 6.97. The lowest BCUT2D eigenvalue weighted by Crippen LogP contribution is -2.48. The fourth-order valence-electron chi connectivity index (χ4n) is 3.00. The van der Waals surface area contributed by atoms with Gasteiger partial charge in [-0.3, -0.25) is 9.48 Å². The highest BCUT2D eigenvalue weighted by atomic mass is 32.1. The largest absolute Gasteiger partial charge is 0.494 e. The van der Waals surface area contributed by atoms with Crippen molar-refractivity contribution in [3.8, 4) is 5.75 Å². The number of rotatable bonds is 3. The van der Waals surface area contributed by atoms with Crippen LogP contribution in [0.1, 0.15) is 10.5 Å². The van der Waals surface area contributed by atoms with E-state index in [1.807, 2.05) is 24.1 Å². The minimum atomic E-state index is -0.00813. The van der Waals surface area contributed by atoms with Gasteiger partial charge in [0.05, 0.1) is 11.8 Å². The first-order chi connectivity index (χ1) is 12.2. The Bertz CT molecular complexity index is 911. The molecule has 1 aliphatic heterocycles. The van der Waals surface area contributed by atoms with Crippen LogP contribution in [-0.2, 0) is 7.05 Å². The van der Waals surface area contributed by atoms with Gasteiger partial charge < -0.3 is 14.5 Å². The topological polar surface area (TPSA) is 63.5 Å². The third kappa shape index (κ3) is 2.93. The predicted octanol–water partition coefficient (Wildman–Crippen LogP) is 2.00. The van der Waals surface area contributed by atoms with Crippen molar-refractivity contribution in [3.63, 3.8) is 0 Å². The molecule has 7 nitrogen and oxygen atoms in total. The third-order valence-electron chi connectivity index (χ3n) is 4.36. The van der Waals surface area contributed by atoms with Gasteiger partial charge >= 0.3 is 0 Å². The number of aryl methyl sites for hydroxylation is 1. The molecule has 0 N–H and O–H groups in total. The average molecular weight is 357 g/mol. The van der Waals surface area contributed by atoms with Crippen LogP contribution in [0, 0.1) is 0 Å². The van der Waals surface area contributed by atoms with E-state index in [-0.39, 0.29) is 5.91 Å². The number of hydrogen-bond acceptors (Lipinski definition) is 6. The van der Waals surface area contributed by atoms with Crippen LogP contribution in [0.5, 0.6) is 5.75 Å². The summed E-state index contributed by atoms with van der Waals surface area (Å²) in [7, 11) is 3.48. The van der Waals surface area contributed by atoms with Crippen LogP contribution in [0.4, 0.5) is 5.13 Å². The van der Waals surface area contributed by atoms with E-state index in [0.29, 0.717) is 18.8 Å². The van der Waals surface area contributed by atoms with Crippen LogP contribution in [0.2, 0.25) is 0 Å². The van der Waals surface area contributed by atoms with Gasteiger partial charge in [-0.15, -0.1) is 0 Å². The van der Waals surface area contributed by atoms with Crippen LogP contribution in [0.25, 0.3) is 10.2 Å². The number of carbonyl (C=O) groups excluding carboxylic acids is 1. The summed E-state index contributed by atoms with van der Waals surface area (Å²) >= 11 is 1.66. The van der Waals surface area contributed by atoms with Crippen molar-refractivity contribution in [2.24, 2.45) is 7.05 Å². The van der Waals surface area contributed by atoms with Crippen molar-refractivity contribution in [2.45, 2.75) is 0 Å². The Balaban J connectivity index is 1.47. The lowest BCUT2D eigenvalue weighted by Gasteiger charge is -2.34. The first-order valence-corrected chi connectivity index (χ1v) is 8.95. The monoisotopic (exact) mass is 357 g/mol. The van der Waals surface area contributed by atoms with Crippen LogP contribution in [-0.4, -0.2) is 58.9 Å². The number of aromatic nitrogens is 3. The van der Waals surface area contributed by atoms with E-state index in [1.54, 1.807) is 35.4 Å². The van der Waals surface area contributed by atoms with E-state index < -0.39 is 0 Å². The highest BCUT2D eigenvalue weighted by molar-refractivity contribution is 7.22. The van der Waals surface area contributed by atoms with E-state index in [1.165, 1.54) is 0 Å². The van der Waals surface area contributed by atoms with Crippen LogP contribution in [0.15, 0.2) is 30.5 Å². The van der Waals surface area contributed by atoms with Gasteiger partial charge in [0.25, 0.3) is 5.91 Å². The molecule has 3 heterocycles. The lowest BCUT2D eigenvalue weighted by molar-refractivity contribution is 0.0740. The molecular weight excluding hydrogens is 338 g/mol. The molecule has 2 aromatic heterocycles. The smallest absolute Gasteiger partial charge is 0.274 e. The van der Waals surface area contributed by atoms with E-state index in [2.05, 4.69) is 16.1 Å². The molecule has 0 bridgehead atoms. The number of ether oxygens (including phenoxy) is 1. The maximum absolute atomic E-state index is 12.5. The first-order valence-electron chi connectivity index (χ1n) is 8.13. The molecule has 0 radical (unpaired) electrons. The van der Waals surface area contributed by atoms with Gasteiger partial charge in [-0.2, -0.15) is 5.10 Å². The number of benzene rings is 1. The van der Waals surface area contributed by atoms with Crippen molar-refractivity contribution in [1.82, 2.24) is 19.7 Å². The Morgan fingerprint density at radius 3 is 2.68 bits per heavy atom. The van der Waals surface area contributed by atoms with Crippen molar-refractivity contribution >= 4 is 32.6 Å². The van der Waals surface area contributed by atoms with Gasteiger partial charge in [0.1, 0.15) is 17.0 Å². The molecular formula is C17H19N5O2S.